The Labute approximate surface area is 72.9 Å². The Bertz CT molecular complexity index is 171. The Balaban J connectivity index is 2.15. The van der Waals surface area contributed by atoms with Crippen molar-refractivity contribution in [1.29, 1.82) is 0 Å². The summed E-state index contributed by atoms with van der Waals surface area (Å²) in [6, 6.07) is 0. The summed E-state index contributed by atoms with van der Waals surface area (Å²) in [6.07, 6.45) is 4.56. The highest BCUT2D eigenvalue weighted by Crippen LogP contribution is 2.48. The molecule has 1 aliphatic heterocycles. The molecule has 1 heterocycles. The Morgan fingerprint density at radius 1 is 1.25 bits per heavy atom. The summed E-state index contributed by atoms with van der Waals surface area (Å²) in [5.41, 5.74) is 5.13. The molecule has 0 atom stereocenters. The van der Waals surface area contributed by atoms with Crippen LogP contribution in [-0.4, -0.2) is 30.5 Å². The summed E-state index contributed by atoms with van der Waals surface area (Å²) in [7, 11) is 0. The first kappa shape index (κ1) is 8.48. The molecule has 0 amide bonds. The SMILES string of the molecule is NCC1(C2(O)COC2)CCCC1. The predicted molar refractivity (Wildman–Crippen MR) is 45.7 cm³/mol. The lowest BCUT2D eigenvalue weighted by atomic mass is 9.69. The fraction of sp³-hybridized carbons (Fsp3) is 1.00. The van der Waals surface area contributed by atoms with Gasteiger partial charge in [-0.2, -0.15) is 0 Å². The molecule has 3 nitrogen and oxygen atoms in total. The number of rotatable bonds is 2. The fourth-order valence-electron chi connectivity index (χ4n) is 2.51. The van der Waals surface area contributed by atoms with Gasteiger partial charge in [0.25, 0.3) is 0 Å². The van der Waals surface area contributed by atoms with Gasteiger partial charge in [0, 0.05) is 12.0 Å². The topological polar surface area (TPSA) is 55.5 Å². The Kier molecular flexibility index (Phi) is 1.90. The van der Waals surface area contributed by atoms with Crippen molar-refractivity contribution < 1.29 is 9.84 Å². The van der Waals surface area contributed by atoms with Crippen LogP contribution in [0.4, 0.5) is 0 Å². The van der Waals surface area contributed by atoms with Crippen molar-refractivity contribution in [2.45, 2.75) is 31.3 Å². The van der Waals surface area contributed by atoms with Crippen LogP contribution in [0, 0.1) is 5.41 Å². The molecule has 3 heteroatoms. The van der Waals surface area contributed by atoms with E-state index in [4.69, 9.17) is 10.5 Å². The molecule has 2 fully saturated rings. The first-order chi connectivity index (χ1) is 5.72. The molecule has 2 aliphatic rings. The Hall–Kier alpha value is -0.120. The van der Waals surface area contributed by atoms with Gasteiger partial charge in [0.2, 0.25) is 0 Å². The van der Waals surface area contributed by atoms with Crippen LogP contribution in [0.3, 0.4) is 0 Å². The highest BCUT2D eigenvalue weighted by atomic mass is 16.5. The quantitative estimate of drug-likeness (QED) is 0.627. The van der Waals surface area contributed by atoms with Gasteiger partial charge >= 0.3 is 0 Å². The molecule has 70 valence electrons. The molecular formula is C9H17NO2. The van der Waals surface area contributed by atoms with Crippen molar-refractivity contribution >= 4 is 0 Å². The zero-order valence-electron chi connectivity index (χ0n) is 7.38. The van der Waals surface area contributed by atoms with Gasteiger partial charge in [-0.05, 0) is 12.8 Å². The molecule has 0 aromatic carbocycles. The van der Waals surface area contributed by atoms with Gasteiger partial charge < -0.3 is 15.6 Å². The van der Waals surface area contributed by atoms with E-state index in [1.54, 1.807) is 0 Å². The second-order valence-electron chi connectivity index (χ2n) is 4.22. The number of hydrogen-bond donors (Lipinski definition) is 2. The van der Waals surface area contributed by atoms with Crippen LogP contribution in [0.1, 0.15) is 25.7 Å². The first-order valence-electron chi connectivity index (χ1n) is 4.73. The fourth-order valence-corrected chi connectivity index (χ4v) is 2.51. The third kappa shape index (κ3) is 0.934. The van der Waals surface area contributed by atoms with Gasteiger partial charge in [-0.1, -0.05) is 12.8 Å². The lowest BCUT2D eigenvalue weighted by Crippen LogP contribution is -2.63. The zero-order valence-corrected chi connectivity index (χ0v) is 7.38. The van der Waals surface area contributed by atoms with Crippen LogP contribution in [0.15, 0.2) is 0 Å². The minimum Gasteiger partial charge on any atom is -0.384 e. The highest BCUT2D eigenvalue weighted by Gasteiger charge is 2.55. The summed E-state index contributed by atoms with van der Waals surface area (Å²) >= 11 is 0. The number of aliphatic hydroxyl groups is 1. The molecule has 0 aromatic rings. The molecule has 0 spiro atoms. The maximum Gasteiger partial charge on any atom is 0.118 e. The molecule has 3 N–H and O–H groups in total. The first-order valence-corrected chi connectivity index (χ1v) is 4.73. The average molecular weight is 171 g/mol. The Morgan fingerprint density at radius 3 is 2.17 bits per heavy atom. The molecule has 1 saturated carbocycles. The summed E-state index contributed by atoms with van der Waals surface area (Å²) in [5, 5.41) is 10.2. The molecule has 0 bridgehead atoms. The molecule has 2 rings (SSSR count). The van der Waals surface area contributed by atoms with E-state index in [-0.39, 0.29) is 5.41 Å². The molecule has 0 aromatic heterocycles. The summed E-state index contributed by atoms with van der Waals surface area (Å²) in [4.78, 5) is 0. The maximum atomic E-state index is 10.2. The summed E-state index contributed by atoms with van der Waals surface area (Å²) < 4.78 is 5.07. The molecule has 1 aliphatic carbocycles. The predicted octanol–water partition coefficient (Wildman–Crippen LogP) is 0.267. The van der Waals surface area contributed by atoms with Crippen LogP contribution in [0.5, 0.6) is 0 Å². The van der Waals surface area contributed by atoms with E-state index in [0.29, 0.717) is 19.8 Å². The number of ether oxygens (including phenoxy) is 1. The van der Waals surface area contributed by atoms with Crippen LogP contribution >= 0.6 is 0 Å². The second-order valence-corrected chi connectivity index (χ2v) is 4.22. The van der Waals surface area contributed by atoms with E-state index in [9.17, 15) is 5.11 Å². The van der Waals surface area contributed by atoms with E-state index < -0.39 is 5.60 Å². The van der Waals surface area contributed by atoms with Gasteiger partial charge in [0.15, 0.2) is 0 Å². The maximum absolute atomic E-state index is 10.2. The molecular weight excluding hydrogens is 154 g/mol. The summed E-state index contributed by atoms with van der Waals surface area (Å²) in [6.45, 7) is 1.58. The van der Waals surface area contributed by atoms with Crippen molar-refractivity contribution in [3.63, 3.8) is 0 Å². The van der Waals surface area contributed by atoms with Crippen molar-refractivity contribution in [3.8, 4) is 0 Å². The van der Waals surface area contributed by atoms with Gasteiger partial charge in [0.1, 0.15) is 5.60 Å². The largest absolute Gasteiger partial charge is 0.384 e. The van der Waals surface area contributed by atoms with E-state index in [1.807, 2.05) is 0 Å². The third-order valence-electron chi connectivity index (χ3n) is 3.62. The summed E-state index contributed by atoms with van der Waals surface area (Å²) in [5.74, 6) is 0. The van der Waals surface area contributed by atoms with E-state index in [1.165, 1.54) is 12.8 Å². The van der Waals surface area contributed by atoms with Gasteiger partial charge in [-0.15, -0.1) is 0 Å². The lowest BCUT2D eigenvalue weighted by Gasteiger charge is -2.49. The lowest BCUT2D eigenvalue weighted by molar-refractivity contribution is -0.237. The zero-order chi connectivity index (χ0) is 8.66. The second kappa shape index (κ2) is 2.69. The smallest absolute Gasteiger partial charge is 0.118 e. The number of hydrogen-bond acceptors (Lipinski definition) is 3. The van der Waals surface area contributed by atoms with Gasteiger partial charge in [-0.3, -0.25) is 0 Å². The third-order valence-corrected chi connectivity index (χ3v) is 3.62. The molecule has 0 unspecified atom stereocenters. The van der Waals surface area contributed by atoms with Crippen LogP contribution in [0.25, 0.3) is 0 Å². The number of nitrogens with two attached hydrogens (primary N) is 1. The van der Waals surface area contributed by atoms with E-state index in [2.05, 4.69) is 0 Å². The minimum absolute atomic E-state index is 0.0226. The highest BCUT2D eigenvalue weighted by molar-refractivity contribution is 5.05. The monoisotopic (exact) mass is 171 g/mol. The van der Waals surface area contributed by atoms with E-state index in [0.717, 1.165) is 12.8 Å². The molecule has 12 heavy (non-hydrogen) atoms. The van der Waals surface area contributed by atoms with E-state index >= 15 is 0 Å². The Morgan fingerprint density at radius 2 is 1.83 bits per heavy atom. The average Bonchev–Trinajstić information content (AvgIpc) is 2.49. The van der Waals surface area contributed by atoms with Crippen molar-refractivity contribution in [3.05, 3.63) is 0 Å². The van der Waals surface area contributed by atoms with Crippen molar-refractivity contribution in [2.75, 3.05) is 19.8 Å². The van der Waals surface area contributed by atoms with Gasteiger partial charge in [-0.25, -0.2) is 0 Å². The minimum atomic E-state index is -0.599. The van der Waals surface area contributed by atoms with Crippen LogP contribution in [-0.2, 0) is 4.74 Å². The normalized spacial score (nSPS) is 31.5. The van der Waals surface area contributed by atoms with Crippen molar-refractivity contribution in [2.24, 2.45) is 11.1 Å². The van der Waals surface area contributed by atoms with Gasteiger partial charge in [0.05, 0.1) is 13.2 Å². The van der Waals surface area contributed by atoms with Crippen LogP contribution in [0.2, 0.25) is 0 Å². The van der Waals surface area contributed by atoms with Crippen molar-refractivity contribution in [1.82, 2.24) is 0 Å². The van der Waals surface area contributed by atoms with Crippen LogP contribution < -0.4 is 5.73 Å². The molecule has 1 saturated heterocycles. The standard InChI is InChI=1S/C9H17NO2/c10-5-8(3-1-2-4-8)9(11)6-12-7-9/h11H,1-7,10H2. The molecule has 0 radical (unpaired) electrons.